The number of ether oxygens (including phenoxy) is 4. The van der Waals surface area contributed by atoms with Crippen LogP contribution < -0.4 is 0 Å². The number of hydrogen-bond acceptors (Lipinski definition) is 15. The number of phosphoric acid groups is 2. The number of phosphoric ester groups is 2. The quantitative estimate of drug-likeness (QED) is 0.0222. The summed E-state index contributed by atoms with van der Waals surface area (Å²) in [6.45, 7) is 11.7. The molecule has 0 bridgehead atoms. The molecule has 0 saturated heterocycles. The van der Waals surface area contributed by atoms with E-state index < -0.39 is 97.5 Å². The van der Waals surface area contributed by atoms with Crippen molar-refractivity contribution in [1.82, 2.24) is 0 Å². The van der Waals surface area contributed by atoms with Gasteiger partial charge in [-0.25, -0.2) is 9.13 Å². The lowest BCUT2D eigenvalue weighted by Gasteiger charge is -2.21. The fraction of sp³-hybridized carbons (Fsp3) is 0.937. The molecule has 0 saturated carbocycles. The molecule has 0 rings (SSSR count). The number of aliphatic hydroxyl groups excluding tert-OH is 1. The number of aliphatic hydroxyl groups is 1. The maximum Gasteiger partial charge on any atom is 0.472 e. The normalized spacial score (nSPS) is 15.1. The maximum absolute atomic E-state index is 13.0. The summed E-state index contributed by atoms with van der Waals surface area (Å²) in [5, 5.41) is 10.5. The van der Waals surface area contributed by atoms with Gasteiger partial charge in [0.2, 0.25) is 0 Å². The Morgan fingerprint density at radius 2 is 0.622 bits per heavy atom. The van der Waals surface area contributed by atoms with Gasteiger partial charge in [0.15, 0.2) is 12.2 Å². The molecule has 0 radical (unpaired) electrons. The molecule has 0 aliphatic rings. The lowest BCUT2D eigenvalue weighted by atomic mass is 9.99. The van der Waals surface area contributed by atoms with Gasteiger partial charge in [0.25, 0.3) is 0 Å². The van der Waals surface area contributed by atoms with Crippen molar-refractivity contribution in [3.63, 3.8) is 0 Å². The molecule has 4 unspecified atom stereocenters. The van der Waals surface area contributed by atoms with Crippen LogP contribution in [0.4, 0.5) is 0 Å². The lowest BCUT2D eigenvalue weighted by molar-refractivity contribution is -0.161. The first-order valence-electron chi connectivity index (χ1n) is 32.9. The van der Waals surface area contributed by atoms with E-state index in [1.54, 1.807) is 0 Å². The SMILES string of the molecule is CCCCCCCCCCC(=O)OC[C@H](COP(=O)(O)OC[C@H](O)COP(=O)(O)OC[C@@H](COC(=O)CCCCCCCCCC(C)C)OC(=O)CCCCCCCCCCCCC(C)CC)OC(=O)CCCCCCCCC(C)CC. The summed E-state index contributed by atoms with van der Waals surface area (Å²) in [5.41, 5.74) is 0. The van der Waals surface area contributed by atoms with Crippen molar-refractivity contribution in [2.75, 3.05) is 39.6 Å². The second kappa shape index (κ2) is 54.5. The van der Waals surface area contributed by atoms with Crippen molar-refractivity contribution in [1.29, 1.82) is 0 Å². The average molecular weight is 1210 g/mol. The predicted molar refractivity (Wildman–Crippen MR) is 326 cm³/mol. The Bertz CT molecular complexity index is 1630. The Balaban J connectivity index is 5.24. The Hall–Kier alpha value is -1.94. The van der Waals surface area contributed by atoms with Crippen LogP contribution >= 0.6 is 15.6 Å². The molecular formula is C63H122O17P2. The molecule has 0 aromatic carbocycles. The first-order valence-corrected chi connectivity index (χ1v) is 35.9. The van der Waals surface area contributed by atoms with E-state index >= 15 is 0 Å². The van der Waals surface area contributed by atoms with Gasteiger partial charge in [-0.05, 0) is 43.4 Å². The second-order valence-corrected chi connectivity index (χ2v) is 26.7. The van der Waals surface area contributed by atoms with Crippen LogP contribution in [0.2, 0.25) is 0 Å². The van der Waals surface area contributed by atoms with Gasteiger partial charge in [-0.2, -0.15) is 0 Å². The smallest absolute Gasteiger partial charge is 0.462 e. The Morgan fingerprint density at radius 1 is 0.354 bits per heavy atom. The molecule has 0 spiro atoms. The Morgan fingerprint density at radius 3 is 0.927 bits per heavy atom. The van der Waals surface area contributed by atoms with Crippen LogP contribution in [0.5, 0.6) is 0 Å². The molecule has 0 aliphatic heterocycles. The highest BCUT2D eigenvalue weighted by atomic mass is 31.2. The van der Waals surface area contributed by atoms with Crippen LogP contribution in [0.15, 0.2) is 0 Å². The van der Waals surface area contributed by atoms with E-state index in [4.69, 9.17) is 37.0 Å². The molecule has 7 atom stereocenters. The summed E-state index contributed by atoms with van der Waals surface area (Å²) in [7, 11) is -9.88. The van der Waals surface area contributed by atoms with Crippen molar-refractivity contribution < 1.29 is 80.2 Å². The molecule has 3 N–H and O–H groups in total. The Kier molecular flexibility index (Phi) is 53.2. The van der Waals surface area contributed by atoms with Gasteiger partial charge in [-0.15, -0.1) is 0 Å². The summed E-state index contributed by atoms with van der Waals surface area (Å²) in [5.74, 6) is 0.0860. The summed E-state index contributed by atoms with van der Waals surface area (Å²) < 4.78 is 67.9. The number of unbranched alkanes of at least 4 members (excludes halogenated alkanes) is 27. The molecular weight excluding hydrogens is 1090 g/mol. The van der Waals surface area contributed by atoms with Crippen LogP contribution in [0.25, 0.3) is 0 Å². The van der Waals surface area contributed by atoms with Gasteiger partial charge in [-0.1, -0.05) is 254 Å². The van der Waals surface area contributed by atoms with Gasteiger partial charge in [0.1, 0.15) is 19.3 Å². The lowest BCUT2D eigenvalue weighted by Crippen LogP contribution is -2.30. The van der Waals surface area contributed by atoms with Gasteiger partial charge in [0, 0.05) is 25.7 Å². The Labute approximate surface area is 498 Å². The third kappa shape index (κ3) is 54.7. The third-order valence-corrected chi connectivity index (χ3v) is 17.0. The fourth-order valence-corrected chi connectivity index (χ4v) is 10.8. The maximum atomic E-state index is 13.0. The third-order valence-electron chi connectivity index (χ3n) is 15.1. The van der Waals surface area contributed by atoms with Crippen molar-refractivity contribution in [2.45, 2.75) is 324 Å². The van der Waals surface area contributed by atoms with E-state index in [0.29, 0.717) is 31.6 Å². The topological polar surface area (TPSA) is 237 Å². The standard InChI is InChI=1S/C63H122O17P2/c1-8-11-12-13-14-22-30-37-44-60(65)73-51-59(80-63(68)47-40-33-26-25-29-36-43-56(7)10-3)53-78-82(71,72)76-49-57(64)48-75-81(69,70)77-52-58(50-74-61(66)45-38-31-24-19-20-27-34-41-54(4)5)79-62(67)46-39-32-23-18-16-15-17-21-28-35-42-55(6)9-2/h54-59,64H,8-53H2,1-7H3,(H,69,70)(H,71,72)/t55?,56?,57-,58-,59-/m1/s1. The van der Waals surface area contributed by atoms with E-state index in [1.165, 1.54) is 103 Å². The fourth-order valence-electron chi connectivity index (χ4n) is 9.24. The molecule has 0 heterocycles. The molecule has 0 aromatic rings. The first kappa shape index (κ1) is 80.1. The minimum atomic E-state index is -4.94. The van der Waals surface area contributed by atoms with Crippen LogP contribution in [0.1, 0.15) is 305 Å². The molecule has 0 aliphatic carbocycles. The second-order valence-electron chi connectivity index (χ2n) is 23.8. The van der Waals surface area contributed by atoms with Gasteiger partial charge < -0.3 is 33.8 Å². The van der Waals surface area contributed by atoms with Crippen molar-refractivity contribution in [2.24, 2.45) is 17.8 Å². The highest BCUT2D eigenvalue weighted by Gasteiger charge is 2.30. The zero-order valence-electron chi connectivity index (χ0n) is 52.9. The number of hydrogen-bond donors (Lipinski definition) is 3. The van der Waals surface area contributed by atoms with Crippen LogP contribution in [0.3, 0.4) is 0 Å². The molecule has 82 heavy (non-hydrogen) atoms. The number of carbonyl (C=O) groups is 4. The van der Waals surface area contributed by atoms with E-state index in [1.807, 2.05) is 0 Å². The van der Waals surface area contributed by atoms with Crippen LogP contribution in [-0.4, -0.2) is 96.7 Å². The van der Waals surface area contributed by atoms with E-state index in [9.17, 15) is 43.2 Å². The molecule has 0 aromatic heterocycles. The van der Waals surface area contributed by atoms with Crippen LogP contribution in [0, 0.1) is 17.8 Å². The molecule has 0 amide bonds. The van der Waals surface area contributed by atoms with Crippen LogP contribution in [-0.2, 0) is 65.4 Å². The van der Waals surface area contributed by atoms with Crippen molar-refractivity contribution in [3.8, 4) is 0 Å². The van der Waals surface area contributed by atoms with Crippen molar-refractivity contribution in [3.05, 3.63) is 0 Å². The summed E-state index contributed by atoms with van der Waals surface area (Å²) in [6, 6.07) is 0. The van der Waals surface area contributed by atoms with Crippen molar-refractivity contribution >= 4 is 39.5 Å². The highest BCUT2D eigenvalue weighted by Crippen LogP contribution is 2.45. The van der Waals surface area contributed by atoms with E-state index in [2.05, 4.69) is 48.5 Å². The molecule has 486 valence electrons. The minimum Gasteiger partial charge on any atom is -0.462 e. The largest absolute Gasteiger partial charge is 0.472 e. The monoisotopic (exact) mass is 1210 g/mol. The number of rotatable bonds is 61. The molecule has 19 heteroatoms. The predicted octanol–water partition coefficient (Wildman–Crippen LogP) is 17.1. The summed E-state index contributed by atoms with van der Waals surface area (Å²) in [6.07, 6.45) is 34.9. The van der Waals surface area contributed by atoms with E-state index in [0.717, 1.165) is 115 Å². The highest BCUT2D eigenvalue weighted by molar-refractivity contribution is 7.47. The van der Waals surface area contributed by atoms with Gasteiger partial charge in [-0.3, -0.25) is 37.3 Å². The number of carbonyl (C=O) groups excluding carboxylic acids is 4. The van der Waals surface area contributed by atoms with Gasteiger partial charge >= 0.3 is 39.5 Å². The number of esters is 4. The summed E-state index contributed by atoms with van der Waals surface area (Å²) >= 11 is 0. The van der Waals surface area contributed by atoms with E-state index in [-0.39, 0.29) is 25.7 Å². The zero-order chi connectivity index (χ0) is 61.0. The minimum absolute atomic E-state index is 0.102. The van der Waals surface area contributed by atoms with Gasteiger partial charge in [0.05, 0.1) is 26.4 Å². The zero-order valence-corrected chi connectivity index (χ0v) is 54.7. The summed E-state index contributed by atoms with van der Waals surface area (Å²) in [4.78, 5) is 72.1. The molecule has 0 fully saturated rings. The first-order chi connectivity index (χ1) is 39.3. The average Bonchev–Trinajstić information content (AvgIpc) is 3.45. The molecule has 17 nitrogen and oxygen atoms in total.